The molecule has 20 heavy (non-hydrogen) atoms. The number of carbonyl (C=O) groups is 1. The van der Waals surface area contributed by atoms with Gasteiger partial charge in [0.2, 0.25) is 5.91 Å². The molecule has 1 aromatic heterocycles. The summed E-state index contributed by atoms with van der Waals surface area (Å²) in [6.07, 6.45) is 0.874. The van der Waals surface area contributed by atoms with Crippen molar-refractivity contribution in [1.82, 2.24) is 14.9 Å². The number of aryl methyl sites for hydroxylation is 2. The number of nitrogens with one attached hydrogen (secondary N) is 1. The van der Waals surface area contributed by atoms with Gasteiger partial charge in [-0.1, -0.05) is 12.1 Å². The number of benzene rings is 1. The van der Waals surface area contributed by atoms with Crippen molar-refractivity contribution in [3.8, 4) is 0 Å². The highest BCUT2D eigenvalue weighted by Gasteiger charge is 2.06. The largest absolute Gasteiger partial charge is 0.372 e. The van der Waals surface area contributed by atoms with Gasteiger partial charge < -0.3 is 14.6 Å². The minimum absolute atomic E-state index is 0.0564. The summed E-state index contributed by atoms with van der Waals surface area (Å²) in [5.41, 5.74) is 2.16. The Morgan fingerprint density at radius 2 is 2.20 bits per heavy atom. The van der Waals surface area contributed by atoms with E-state index in [1.54, 1.807) is 0 Å². The molecule has 2 aromatic rings. The Hall–Kier alpha value is -1.88. The van der Waals surface area contributed by atoms with E-state index in [2.05, 4.69) is 20.9 Å². The highest BCUT2D eigenvalue weighted by atomic mass is 16.5. The van der Waals surface area contributed by atoms with Gasteiger partial charge in [0.15, 0.2) is 0 Å². The second-order valence-corrected chi connectivity index (χ2v) is 4.64. The van der Waals surface area contributed by atoms with Crippen molar-refractivity contribution in [3.63, 3.8) is 0 Å². The van der Waals surface area contributed by atoms with Gasteiger partial charge in [0, 0.05) is 19.7 Å². The summed E-state index contributed by atoms with van der Waals surface area (Å²) in [5, 5.41) is 2.85. The first-order valence-corrected chi connectivity index (χ1v) is 6.98. The Labute approximate surface area is 118 Å². The number of carbonyl (C=O) groups excluding carboxylic acids is 1. The Bertz CT molecular complexity index is 578. The molecule has 5 heteroatoms. The zero-order chi connectivity index (χ0) is 14.4. The lowest BCUT2D eigenvalue weighted by atomic mass is 10.3. The number of ether oxygens (including phenoxy) is 1. The van der Waals surface area contributed by atoms with Crippen molar-refractivity contribution in [3.05, 3.63) is 30.1 Å². The van der Waals surface area contributed by atoms with E-state index in [1.165, 1.54) is 0 Å². The first kappa shape index (κ1) is 14.5. The van der Waals surface area contributed by atoms with E-state index in [0.29, 0.717) is 13.2 Å². The highest BCUT2D eigenvalue weighted by Crippen LogP contribution is 2.15. The summed E-state index contributed by atoms with van der Waals surface area (Å²) in [6, 6.07) is 8.10. The summed E-state index contributed by atoms with van der Waals surface area (Å²) in [6.45, 7) is 6.09. The van der Waals surface area contributed by atoms with Gasteiger partial charge in [-0.05, 0) is 32.4 Å². The van der Waals surface area contributed by atoms with Gasteiger partial charge >= 0.3 is 0 Å². The molecule has 0 aliphatic heterocycles. The van der Waals surface area contributed by atoms with E-state index < -0.39 is 0 Å². The summed E-state index contributed by atoms with van der Waals surface area (Å²) in [4.78, 5) is 15.9. The molecule has 1 heterocycles. The van der Waals surface area contributed by atoms with Crippen molar-refractivity contribution in [1.29, 1.82) is 0 Å². The van der Waals surface area contributed by atoms with Crippen LogP contribution in [0.5, 0.6) is 0 Å². The van der Waals surface area contributed by atoms with Crippen molar-refractivity contribution in [2.75, 3.05) is 19.8 Å². The van der Waals surface area contributed by atoms with E-state index in [9.17, 15) is 4.79 Å². The fourth-order valence-corrected chi connectivity index (χ4v) is 2.19. The molecule has 0 aliphatic carbocycles. The second-order valence-electron chi connectivity index (χ2n) is 4.64. The van der Waals surface area contributed by atoms with Crippen LogP contribution < -0.4 is 5.32 Å². The first-order chi connectivity index (χ1) is 9.72. The van der Waals surface area contributed by atoms with Crippen LogP contribution in [0.1, 0.15) is 19.2 Å². The van der Waals surface area contributed by atoms with Crippen LogP contribution in [0.4, 0.5) is 0 Å². The number of imidazole rings is 1. The third-order valence-electron chi connectivity index (χ3n) is 3.16. The predicted octanol–water partition coefficient (Wildman–Crippen LogP) is 1.89. The number of para-hydroxylation sites is 2. The van der Waals surface area contributed by atoms with Gasteiger partial charge in [-0.15, -0.1) is 0 Å². The molecule has 0 bridgehead atoms. The summed E-state index contributed by atoms with van der Waals surface area (Å²) in [5.74, 6) is 0.950. The van der Waals surface area contributed by atoms with E-state index in [4.69, 9.17) is 4.74 Å². The normalized spacial score (nSPS) is 10.9. The van der Waals surface area contributed by atoms with Crippen LogP contribution in [-0.2, 0) is 16.1 Å². The van der Waals surface area contributed by atoms with E-state index in [-0.39, 0.29) is 12.5 Å². The van der Waals surface area contributed by atoms with Crippen LogP contribution >= 0.6 is 0 Å². The molecule has 2 rings (SSSR count). The molecule has 0 atom stereocenters. The number of hydrogen-bond donors (Lipinski definition) is 1. The molecular formula is C15H21N3O2. The third-order valence-corrected chi connectivity index (χ3v) is 3.16. The topological polar surface area (TPSA) is 56.1 Å². The molecule has 0 unspecified atom stereocenters. The standard InChI is InChI=1S/C15H21N3O2/c1-3-20-11-15(19)16-9-6-10-18-12(2)17-13-7-4-5-8-14(13)18/h4-5,7-8H,3,6,9-11H2,1-2H3,(H,16,19). The Balaban J connectivity index is 1.84. The van der Waals surface area contributed by atoms with Crippen molar-refractivity contribution < 1.29 is 9.53 Å². The van der Waals surface area contributed by atoms with Gasteiger partial charge in [-0.2, -0.15) is 0 Å². The van der Waals surface area contributed by atoms with Crippen LogP contribution in [0.25, 0.3) is 11.0 Å². The molecule has 0 fully saturated rings. The second kappa shape index (κ2) is 7.05. The van der Waals surface area contributed by atoms with Gasteiger partial charge in [0.1, 0.15) is 12.4 Å². The van der Waals surface area contributed by atoms with Crippen molar-refractivity contribution >= 4 is 16.9 Å². The summed E-state index contributed by atoms with van der Waals surface area (Å²) < 4.78 is 7.23. The SMILES string of the molecule is CCOCC(=O)NCCCn1c(C)nc2ccccc21. The van der Waals surface area contributed by atoms with Gasteiger partial charge in [-0.25, -0.2) is 4.98 Å². The lowest BCUT2D eigenvalue weighted by molar-refractivity contribution is -0.125. The molecule has 1 N–H and O–H groups in total. The molecule has 0 saturated heterocycles. The van der Waals surface area contributed by atoms with E-state index in [1.807, 2.05) is 32.0 Å². The monoisotopic (exact) mass is 275 g/mol. The number of fused-ring (bicyclic) bond motifs is 1. The van der Waals surface area contributed by atoms with Crippen LogP contribution in [0, 0.1) is 6.92 Å². The lowest BCUT2D eigenvalue weighted by Gasteiger charge is -2.08. The maximum Gasteiger partial charge on any atom is 0.245 e. The fraction of sp³-hybridized carbons (Fsp3) is 0.467. The summed E-state index contributed by atoms with van der Waals surface area (Å²) in [7, 11) is 0. The van der Waals surface area contributed by atoms with Gasteiger partial charge in [0.05, 0.1) is 11.0 Å². The first-order valence-electron chi connectivity index (χ1n) is 6.98. The Morgan fingerprint density at radius 1 is 1.40 bits per heavy atom. The smallest absolute Gasteiger partial charge is 0.245 e. The third kappa shape index (κ3) is 3.57. The summed E-state index contributed by atoms with van der Waals surface area (Å²) >= 11 is 0. The fourth-order valence-electron chi connectivity index (χ4n) is 2.19. The number of hydrogen-bond acceptors (Lipinski definition) is 3. The number of amides is 1. The highest BCUT2D eigenvalue weighted by molar-refractivity contribution is 5.77. The maximum absolute atomic E-state index is 11.4. The van der Waals surface area contributed by atoms with Crippen LogP contribution in [-0.4, -0.2) is 35.2 Å². The molecule has 1 aromatic carbocycles. The van der Waals surface area contributed by atoms with Gasteiger partial charge in [-0.3, -0.25) is 4.79 Å². The Morgan fingerprint density at radius 3 is 3.00 bits per heavy atom. The number of aromatic nitrogens is 2. The molecular weight excluding hydrogens is 254 g/mol. The van der Waals surface area contributed by atoms with Crippen molar-refractivity contribution in [2.24, 2.45) is 0 Å². The zero-order valence-electron chi connectivity index (χ0n) is 12.1. The minimum atomic E-state index is -0.0564. The molecule has 0 saturated carbocycles. The van der Waals surface area contributed by atoms with Crippen LogP contribution in [0.3, 0.4) is 0 Å². The van der Waals surface area contributed by atoms with E-state index >= 15 is 0 Å². The minimum Gasteiger partial charge on any atom is -0.372 e. The van der Waals surface area contributed by atoms with Crippen LogP contribution in [0.15, 0.2) is 24.3 Å². The average molecular weight is 275 g/mol. The lowest BCUT2D eigenvalue weighted by Crippen LogP contribution is -2.29. The predicted molar refractivity (Wildman–Crippen MR) is 78.6 cm³/mol. The molecule has 0 aliphatic rings. The van der Waals surface area contributed by atoms with Crippen molar-refractivity contribution in [2.45, 2.75) is 26.8 Å². The average Bonchev–Trinajstić information content (AvgIpc) is 2.77. The molecule has 108 valence electrons. The molecule has 5 nitrogen and oxygen atoms in total. The number of nitrogens with zero attached hydrogens (tertiary/aromatic N) is 2. The van der Waals surface area contributed by atoms with Gasteiger partial charge in [0.25, 0.3) is 0 Å². The molecule has 0 radical (unpaired) electrons. The van der Waals surface area contributed by atoms with Crippen LogP contribution in [0.2, 0.25) is 0 Å². The van der Waals surface area contributed by atoms with E-state index in [0.717, 1.165) is 29.8 Å². The zero-order valence-corrected chi connectivity index (χ0v) is 12.1. The Kier molecular flexibility index (Phi) is 5.12. The molecule has 1 amide bonds. The maximum atomic E-state index is 11.4. The molecule has 0 spiro atoms. The quantitative estimate of drug-likeness (QED) is 0.785. The number of rotatable bonds is 7.